The van der Waals surface area contributed by atoms with Crippen LogP contribution in [0, 0.1) is 0 Å². The van der Waals surface area contributed by atoms with Gasteiger partial charge in [-0.05, 0) is 19.8 Å². The molecule has 1 rings (SSSR count). The number of nitrogens with zero attached hydrogens (tertiary/aromatic N) is 1. The van der Waals surface area contributed by atoms with Crippen LogP contribution in [-0.4, -0.2) is 39.9 Å². The lowest BCUT2D eigenvalue weighted by Gasteiger charge is -2.23. The predicted molar refractivity (Wildman–Crippen MR) is 39.4 cm³/mol. The third-order valence-corrected chi connectivity index (χ3v) is 2.22. The number of rotatable bonds is 1. The van der Waals surface area contributed by atoms with Gasteiger partial charge in [-0.15, -0.1) is 0 Å². The summed E-state index contributed by atoms with van der Waals surface area (Å²) >= 11 is 0. The predicted octanol–water partition coefficient (Wildman–Crippen LogP) is 0.510. The van der Waals surface area contributed by atoms with Crippen molar-refractivity contribution in [1.82, 2.24) is 4.90 Å². The van der Waals surface area contributed by atoms with E-state index in [9.17, 15) is 4.79 Å². The Morgan fingerprint density at radius 2 is 2.27 bits per heavy atom. The van der Waals surface area contributed by atoms with Crippen LogP contribution in [0.15, 0.2) is 0 Å². The molecule has 0 radical (unpaired) electrons. The molecule has 11 heavy (non-hydrogen) atoms. The first-order valence-corrected chi connectivity index (χ1v) is 3.79. The molecular formula is C7H13NO3. The van der Waals surface area contributed by atoms with E-state index >= 15 is 0 Å². The number of likely N-dealkylation sites (tertiary alicyclic amines) is 1. The SMILES string of the molecule is C[C@H]1CC[C@@H](CO)N1C(=O)O. The van der Waals surface area contributed by atoms with Crippen LogP contribution in [0.2, 0.25) is 0 Å². The number of aliphatic hydroxyl groups excluding tert-OH is 1. The molecule has 0 bridgehead atoms. The van der Waals surface area contributed by atoms with Gasteiger partial charge in [-0.2, -0.15) is 0 Å². The quantitative estimate of drug-likeness (QED) is 0.586. The Bertz CT molecular complexity index is 160. The van der Waals surface area contributed by atoms with Crippen LogP contribution in [0.3, 0.4) is 0 Å². The Kier molecular flexibility index (Phi) is 2.34. The Labute approximate surface area is 65.4 Å². The molecule has 0 spiro atoms. The highest BCUT2D eigenvalue weighted by Crippen LogP contribution is 2.23. The molecule has 2 atom stereocenters. The van der Waals surface area contributed by atoms with Gasteiger partial charge in [-0.1, -0.05) is 0 Å². The first kappa shape index (κ1) is 8.33. The monoisotopic (exact) mass is 159 g/mol. The molecule has 0 aliphatic carbocycles. The van der Waals surface area contributed by atoms with E-state index in [0.717, 1.165) is 12.8 Å². The van der Waals surface area contributed by atoms with Crippen LogP contribution >= 0.6 is 0 Å². The molecule has 0 saturated carbocycles. The molecule has 1 saturated heterocycles. The van der Waals surface area contributed by atoms with Gasteiger partial charge in [0.1, 0.15) is 0 Å². The van der Waals surface area contributed by atoms with Crippen LogP contribution in [0.1, 0.15) is 19.8 Å². The van der Waals surface area contributed by atoms with E-state index < -0.39 is 6.09 Å². The van der Waals surface area contributed by atoms with Crippen molar-refractivity contribution in [3.63, 3.8) is 0 Å². The molecular weight excluding hydrogens is 146 g/mol. The smallest absolute Gasteiger partial charge is 0.407 e. The van der Waals surface area contributed by atoms with Crippen LogP contribution in [-0.2, 0) is 0 Å². The number of amides is 1. The van der Waals surface area contributed by atoms with Gasteiger partial charge in [-0.25, -0.2) is 4.79 Å². The van der Waals surface area contributed by atoms with Gasteiger partial charge in [-0.3, -0.25) is 0 Å². The number of aliphatic hydroxyl groups is 1. The minimum atomic E-state index is -0.922. The van der Waals surface area contributed by atoms with Crippen LogP contribution in [0.5, 0.6) is 0 Å². The molecule has 4 nitrogen and oxygen atoms in total. The average Bonchev–Trinajstić information content (AvgIpc) is 2.30. The first-order chi connectivity index (χ1) is 5.16. The van der Waals surface area contributed by atoms with Crippen molar-refractivity contribution in [1.29, 1.82) is 0 Å². The summed E-state index contributed by atoms with van der Waals surface area (Å²) < 4.78 is 0. The summed E-state index contributed by atoms with van der Waals surface area (Å²) in [5.41, 5.74) is 0. The van der Waals surface area contributed by atoms with Gasteiger partial charge in [0.25, 0.3) is 0 Å². The highest BCUT2D eigenvalue weighted by Gasteiger charge is 2.33. The molecule has 64 valence electrons. The molecule has 2 N–H and O–H groups in total. The minimum Gasteiger partial charge on any atom is -0.465 e. The summed E-state index contributed by atoms with van der Waals surface area (Å²) in [6.45, 7) is 1.81. The van der Waals surface area contributed by atoms with Crippen molar-refractivity contribution >= 4 is 6.09 Å². The second-order valence-corrected chi connectivity index (χ2v) is 2.95. The van der Waals surface area contributed by atoms with Crippen molar-refractivity contribution in [2.24, 2.45) is 0 Å². The third kappa shape index (κ3) is 1.45. The Balaban J connectivity index is 2.63. The zero-order chi connectivity index (χ0) is 8.43. The largest absolute Gasteiger partial charge is 0.465 e. The summed E-state index contributed by atoms with van der Waals surface area (Å²) in [4.78, 5) is 11.9. The van der Waals surface area contributed by atoms with Gasteiger partial charge in [0.2, 0.25) is 0 Å². The van der Waals surface area contributed by atoms with Crippen molar-refractivity contribution in [2.45, 2.75) is 31.8 Å². The van der Waals surface area contributed by atoms with E-state index in [1.807, 2.05) is 6.92 Å². The van der Waals surface area contributed by atoms with Gasteiger partial charge < -0.3 is 15.1 Å². The molecule has 0 aromatic rings. The van der Waals surface area contributed by atoms with Gasteiger partial charge >= 0.3 is 6.09 Å². The fourth-order valence-electron chi connectivity index (χ4n) is 1.60. The van der Waals surface area contributed by atoms with Crippen molar-refractivity contribution in [2.75, 3.05) is 6.61 Å². The molecule has 1 aliphatic rings. The second kappa shape index (κ2) is 3.09. The first-order valence-electron chi connectivity index (χ1n) is 3.79. The maximum atomic E-state index is 10.6. The number of carboxylic acid groups (broad SMARTS) is 1. The normalized spacial score (nSPS) is 30.9. The average molecular weight is 159 g/mol. The Hall–Kier alpha value is -0.770. The van der Waals surface area contributed by atoms with E-state index in [4.69, 9.17) is 10.2 Å². The molecule has 0 unspecified atom stereocenters. The summed E-state index contributed by atoms with van der Waals surface area (Å²) in [6.07, 6.45) is 0.718. The molecule has 1 fully saturated rings. The Morgan fingerprint density at radius 1 is 1.64 bits per heavy atom. The second-order valence-electron chi connectivity index (χ2n) is 2.95. The van der Waals surface area contributed by atoms with Crippen molar-refractivity contribution in [3.05, 3.63) is 0 Å². The van der Waals surface area contributed by atoms with E-state index in [1.165, 1.54) is 4.90 Å². The van der Waals surface area contributed by atoms with E-state index in [1.54, 1.807) is 0 Å². The summed E-state index contributed by atoms with van der Waals surface area (Å²) in [5, 5.41) is 17.5. The van der Waals surface area contributed by atoms with Gasteiger partial charge in [0, 0.05) is 6.04 Å². The topological polar surface area (TPSA) is 60.8 Å². The maximum Gasteiger partial charge on any atom is 0.407 e. The fraction of sp³-hybridized carbons (Fsp3) is 0.857. The van der Waals surface area contributed by atoms with Crippen LogP contribution < -0.4 is 0 Å². The van der Waals surface area contributed by atoms with Crippen LogP contribution in [0.4, 0.5) is 4.79 Å². The summed E-state index contributed by atoms with van der Waals surface area (Å²) in [6, 6.07) is -0.118. The molecule has 1 heterocycles. The molecule has 1 aliphatic heterocycles. The standard InChI is InChI=1S/C7H13NO3/c1-5-2-3-6(4-9)8(5)7(10)11/h5-6,9H,2-4H2,1H3,(H,10,11)/t5-,6-/m0/s1. The number of carbonyl (C=O) groups is 1. The number of hydrogen-bond donors (Lipinski definition) is 2. The van der Waals surface area contributed by atoms with E-state index in [-0.39, 0.29) is 18.7 Å². The van der Waals surface area contributed by atoms with Crippen LogP contribution in [0.25, 0.3) is 0 Å². The lowest BCUT2D eigenvalue weighted by Crippen LogP contribution is -2.40. The zero-order valence-electron chi connectivity index (χ0n) is 6.53. The molecule has 0 aromatic heterocycles. The molecule has 0 aromatic carbocycles. The highest BCUT2D eigenvalue weighted by atomic mass is 16.4. The summed E-state index contributed by atoms with van der Waals surface area (Å²) in [7, 11) is 0. The number of hydrogen-bond acceptors (Lipinski definition) is 2. The van der Waals surface area contributed by atoms with Crippen molar-refractivity contribution in [3.8, 4) is 0 Å². The molecule has 1 amide bonds. The lowest BCUT2D eigenvalue weighted by atomic mass is 10.2. The third-order valence-electron chi connectivity index (χ3n) is 2.22. The maximum absolute atomic E-state index is 10.6. The fourth-order valence-corrected chi connectivity index (χ4v) is 1.60. The van der Waals surface area contributed by atoms with Gasteiger partial charge in [0.15, 0.2) is 0 Å². The van der Waals surface area contributed by atoms with E-state index in [0.29, 0.717) is 0 Å². The highest BCUT2D eigenvalue weighted by molar-refractivity contribution is 5.66. The summed E-state index contributed by atoms with van der Waals surface area (Å²) in [5.74, 6) is 0. The Morgan fingerprint density at radius 3 is 2.64 bits per heavy atom. The molecule has 4 heteroatoms. The van der Waals surface area contributed by atoms with Crippen molar-refractivity contribution < 1.29 is 15.0 Å². The zero-order valence-corrected chi connectivity index (χ0v) is 6.53. The van der Waals surface area contributed by atoms with E-state index in [2.05, 4.69) is 0 Å². The minimum absolute atomic E-state index is 0.0589. The van der Waals surface area contributed by atoms with Gasteiger partial charge in [0.05, 0.1) is 12.6 Å². The lowest BCUT2D eigenvalue weighted by molar-refractivity contribution is 0.103.